The molecule has 0 bridgehead atoms. The third-order valence-electron chi connectivity index (χ3n) is 4.25. The number of fused-ring (bicyclic) bond motifs is 1. The molecule has 6 heteroatoms. The van der Waals surface area contributed by atoms with E-state index in [1.807, 2.05) is 12.1 Å². The zero-order valence-corrected chi connectivity index (χ0v) is 14.8. The molecule has 2 aromatic carbocycles. The van der Waals surface area contributed by atoms with Gasteiger partial charge < -0.3 is 15.8 Å². The first kappa shape index (κ1) is 16.9. The molecule has 4 nitrogen and oxygen atoms in total. The average Bonchev–Trinajstić information content (AvgIpc) is 2.56. The third kappa shape index (κ3) is 3.16. The minimum absolute atomic E-state index is 0.205. The summed E-state index contributed by atoms with van der Waals surface area (Å²) in [6, 6.07) is 11.7. The topological polar surface area (TPSA) is 64.4 Å². The summed E-state index contributed by atoms with van der Waals surface area (Å²) in [6.45, 7) is 2.01. The molecule has 1 unspecified atom stereocenters. The van der Waals surface area contributed by atoms with Gasteiger partial charge >= 0.3 is 0 Å². The SMILES string of the molecule is CC(N)(C(=O)N[C@@H]1CCOc2c(F)cccc21)c1ccc(Br)cc1. The highest BCUT2D eigenvalue weighted by molar-refractivity contribution is 9.10. The first-order valence-electron chi connectivity index (χ1n) is 7.66. The van der Waals surface area contributed by atoms with E-state index in [0.717, 1.165) is 4.47 Å². The van der Waals surface area contributed by atoms with Crippen LogP contribution in [0.5, 0.6) is 5.75 Å². The van der Waals surface area contributed by atoms with E-state index in [9.17, 15) is 9.18 Å². The van der Waals surface area contributed by atoms with E-state index < -0.39 is 11.4 Å². The van der Waals surface area contributed by atoms with Gasteiger partial charge in [0.1, 0.15) is 5.54 Å². The molecule has 1 aliphatic heterocycles. The van der Waals surface area contributed by atoms with Crippen molar-refractivity contribution in [1.82, 2.24) is 5.32 Å². The molecule has 0 spiro atoms. The van der Waals surface area contributed by atoms with Crippen LogP contribution in [0.3, 0.4) is 0 Å². The van der Waals surface area contributed by atoms with Crippen molar-refractivity contribution in [2.75, 3.05) is 6.61 Å². The Kier molecular flexibility index (Phi) is 4.60. The van der Waals surface area contributed by atoms with E-state index in [1.54, 1.807) is 31.2 Å². The number of amides is 1. The van der Waals surface area contributed by atoms with Crippen LogP contribution in [0.4, 0.5) is 4.39 Å². The standard InChI is InChI=1S/C18H18BrFN2O2/c1-18(21,11-5-7-12(19)8-6-11)17(23)22-15-9-10-24-16-13(15)3-2-4-14(16)20/h2-8,15H,9-10,21H2,1H3,(H,22,23)/t15-,18?/m1/s1. The molecule has 0 saturated heterocycles. The maximum atomic E-state index is 13.9. The normalized spacial score (nSPS) is 18.9. The van der Waals surface area contributed by atoms with Gasteiger partial charge in [0.05, 0.1) is 12.6 Å². The molecule has 1 amide bonds. The van der Waals surface area contributed by atoms with Crippen molar-refractivity contribution in [1.29, 1.82) is 0 Å². The van der Waals surface area contributed by atoms with Gasteiger partial charge in [-0.3, -0.25) is 4.79 Å². The minimum atomic E-state index is -1.19. The number of hydrogen-bond acceptors (Lipinski definition) is 3. The molecule has 0 aromatic heterocycles. The summed E-state index contributed by atoms with van der Waals surface area (Å²) in [5.41, 5.74) is 6.42. The predicted molar refractivity (Wildman–Crippen MR) is 93.1 cm³/mol. The van der Waals surface area contributed by atoms with Crippen LogP contribution in [-0.2, 0) is 10.3 Å². The molecule has 24 heavy (non-hydrogen) atoms. The number of carbonyl (C=O) groups is 1. The van der Waals surface area contributed by atoms with E-state index in [-0.39, 0.29) is 17.7 Å². The molecule has 1 heterocycles. The summed E-state index contributed by atoms with van der Waals surface area (Å²) < 4.78 is 20.2. The molecule has 0 fully saturated rings. The van der Waals surface area contributed by atoms with Crippen molar-refractivity contribution in [2.24, 2.45) is 5.73 Å². The van der Waals surface area contributed by atoms with Gasteiger partial charge in [-0.05, 0) is 30.7 Å². The molecule has 0 radical (unpaired) electrons. The van der Waals surface area contributed by atoms with Gasteiger partial charge in [-0.2, -0.15) is 0 Å². The smallest absolute Gasteiger partial charge is 0.244 e. The molecule has 0 saturated carbocycles. The molecule has 1 aliphatic rings. The van der Waals surface area contributed by atoms with Gasteiger partial charge in [-0.15, -0.1) is 0 Å². The fourth-order valence-electron chi connectivity index (χ4n) is 2.77. The Morgan fingerprint density at radius 1 is 1.33 bits per heavy atom. The molecule has 2 aromatic rings. The maximum Gasteiger partial charge on any atom is 0.244 e. The molecule has 2 atom stereocenters. The summed E-state index contributed by atoms with van der Waals surface area (Å²) in [4.78, 5) is 12.7. The molecule has 3 rings (SSSR count). The van der Waals surface area contributed by atoms with Crippen molar-refractivity contribution < 1.29 is 13.9 Å². The monoisotopic (exact) mass is 392 g/mol. The number of nitrogens with two attached hydrogens (primary N) is 1. The highest BCUT2D eigenvalue weighted by atomic mass is 79.9. The Bertz CT molecular complexity index is 762. The van der Waals surface area contributed by atoms with E-state index >= 15 is 0 Å². The molecule has 3 N–H and O–H groups in total. The van der Waals surface area contributed by atoms with Crippen molar-refractivity contribution in [3.05, 3.63) is 63.9 Å². The van der Waals surface area contributed by atoms with Crippen molar-refractivity contribution in [2.45, 2.75) is 24.9 Å². The zero-order chi connectivity index (χ0) is 17.3. The van der Waals surface area contributed by atoms with E-state index in [0.29, 0.717) is 24.2 Å². The lowest BCUT2D eigenvalue weighted by atomic mass is 9.91. The summed E-state index contributed by atoms with van der Waals surface area (Å²) in [5, 5.41) is 2.93. The summed E-state index contributed by atoms with van der Waals surface area (Å²) in [7, 11) is 0. The maximum absolute atomic E-state index is 13.9. The highest BCUT2D eigenvalue weighted by Crippen LogP contribution is 2.34. The number of nitrogens with one attached hydrogen (secondary N) is 1. The lowest BCUT2D eigenvalue weighted by molar-refractivity contribution is -0.127. The van der Waals surface area contributed by atoms with Crippen molar-refractivity contribution in [3.63, 3.8) is 0 Å². The van der Waals surface area contributed by atoms with Gasteiger partial charge in [-0.1, -0.05) is 40.2 Å². The number of rotatable bonds is 3. The Morgan fingerprint density at radius 3 is 2.75 bits per heavy atom. The van der Waals surface area contributed by atoms with Gasteiger partial charge in [0.15, 0.2) is 11.6 Å². The Morgan fingerprint density at radius 2 is 2.04 bits per heavy atom. The second kappa shape index (κ2) is 6.53. The Hall–Kier alpha value is -1.92. The van der Waals surface area contributed by atoms with Crippen LogP contribution in [0.2, 0.25) is 0 Å². The van der Waals surface area contributed by atoms with Crippen LogP contribution >= 0.6 is 15.9 Å². The highest BCUT2D eigenvalue weighted by Gasteiger charge is 2.34. The van der Waals surface area contributed by atoms with Crippen LogP contribution in [0.15, 0.2) is 46.9 Å². The van der Waals surface area contributed by atoms with E-state index in [2.05, 4.69) is 21.2 Å². The number of halogens is 2. The number of carbonyl (C=O) groups excluding carboxylic acids is 1. The Balaban J connectivity index is 1.83. The zero-order valence-electron chi connectivity index (χ0n) is 13.2. The van der Waals surface area contributed by atoms with Crippen LogP contribution < -0.4 is 15.8 Å². The first-order chi connectivity index (χ1) is 11.4. The summed E-state index contributed by atoms with van der Waals surface area (Å²) >= 11 is 3.36. The van der Waals surface area contributed by atoms with Crippen LogP contribution in [0.25, 0.3) is 0 Å². The molecule has 0 aliphatic carbocycles. The quantitative estimate of drug-likeness (QED) is 0.840. The fourth-order valence-corrected chi connectivity index (χ4v) is 3.04. The van der Waals surface area contributed by atoms with Crippen LogP contribution in [0, 0.1) is 5.82 Å². The number of hydrogen-bond donors (Lipinski definition) is 2. The van der Waals surface area contributed by atoms with Gasteiger partial charge in [0, 0.05) is 16.5 Å². The molecule has 126 valence electrons. The van der Waals surface area contributed by atoms with Crippen molar-refractivity contribution in [3.8, 4) is 5.75 Å². The van der Waals surface area contributed by atoms with Crippen LogP contribution in [-0.4, -0.2) is 12.5 Å². The summed E-state index contributed by atoms with van der Waals surface area (Å²) in [5.74, 6) is -0.529. The first-order valence-corrected chi connectivity index (χ1v) is 8.46. The largest absolute Gasteiger partial charge is 0.490 e. The number of para-hydroxylation sites is 1. The molecular weight excluding hydrogens is 375 g/mol. The van der Waals surface area contributed by atoms with Crippen molar-refractivity contribution >= 4 is 21.8 Å². The minimum Gasteiger partial charge on any atom is -0.490 e. The lowest BCUT2D eigenvalue weighted by Crippen LogP contribution is -2.50. The van der Waals surface area contributed by atoms with E-state index in [1.165, 1.54) is 6.07 Å². The number of benzene rings is 2. The second-order valence-corrected chi connectivity index (χ2v) is 6.95. The lowest BCUT2D eigenvalue weighted by Gasteiger charge is -2.31. The third-order valence-corrected chi connectivity index (χ3v) is 4.78. The van der Waals surface area contributed by atoms with Gasteiger partial charge in [0.25, 0.3) is 0 Å². The number of ether oxygens (including phenoxy) is 1. The van der Waals surface area contributed by atoms with E-state index in [4.69, 9.17) is 10.5 Å². The second-order valence-electron chi connectivity index (χ2n) is 6.03. The average molecular weight is 393 g/mol. The van der Waals surface area contributed by atoms with Gasteiger partial charge in [0.2, 0.25) is 5.91 Å². The van der Waals surface area contributed by atoms with Crippen LogP contribution in [0.1, 0.15) is 30.5 Å². The van der Waals surface area contributed by atoms with Gasteiger partial charge in [-0.25, -0.2) is 4.39 Å². The summed E-state index contributed by atoms with van der Waals surface area (Å²) in [6.07, 6.45) is 0.568. The molecular formula is C18H18BrFN2O2. The Labute approximate surface area is 148 Å². The predicted octanol–water partition coefficient (Wildman–Crippen LogP) is 3.40. The fraction of sp³-hybridized carbons (Fsp3) is 0.278.